The summed E-state index contributed by atoms with van der Waals surface area (Å²) in [6.45, 7) is -0.262. The number of hydrogen-bond acceptors (Lipinski definition) is 5. The number of hydrogen-bond donors (Lipinski definition) is 1. The average molecular weight is 390 g/mol. The summed E-state index contributed by atoms with van der Waals surface area (Å²) in [5, 5.41) is 1.03. The summed E-state index contributed by atoms with van der Waals surface area (Å²) in [4.78, 5) is 42.1. The van der Waals surface area contributed by atoms with Gasteiger partial charge in [-0.15, -0.1) is 0 Å². The highest BCUT2D eigenvalue weighted by Gasteiger charge is 2.46. The second kappa shape index (κ2) is 6.48. The van der Waals surface area contributed by atoms with Crippen LogP contribution in [0.15, 0.2) is 48.5 Å². The first-order valence-corrected chi connectivity index (χ1v) is 9.34. The lowest BCUT2D eigenvalue weighted by molar-refractivity contribution is -0.171. The van der Waals surface area contributed by atoms with Crippen LogP contribution in [0.25, 0.3) is 10.9 Å². The minimum Gasteiger partial charge on any atom is -0.465 e. The first kappa shape index (κ1) is 17.5. The number of carbonyl (C=O) groups excluding carboxylic acids is 3. The zero-order valence-electron chi connectivity index (χ0n) is 15.7. The van der Waals surface area contributed by atoms with Gasteiger partial charge in [0.15, 0.2) is 6.61 Å². The molecular formula is C22H18N2O5. The first-order chi connectivity index (χ1) is 14.1. The Kier molecular flexibility index (Phi) is 3.91. The van der Waals surface area contributed by atoms with E-state index in [0.717, 1.165) is 27.7 Å². The van der Waals surface area contributed by atoms with E-state index in [0.29, 0.717) is 12.0 Å². The van der Waals surface area contributed by atoms with E-state index in [-0.39, 0.29) is 12.5 Å². The predicted molar refractivity (Wildman–Crippen MR) is 103 cm³/mol. The molecule has 29 heavy (non-hydrogen) atoms. The van der Waals surface area contributed by atoms with Gasteiger partial charge >= 0.3 is 11.9 Å². The van der Waals surface area contributed by atoms with Gasteiger partial charge in [0.2, 0.25) is 0 Å². The van der Waals surface area contributed by atoms with E-state index in [2.05, 4.69) is 4.98 Å². The molecule has 0 bridgehead atoms. The maximum Gasteiger partial charge on any atom is 0.337 e. The van der Waals surface area contributed by atoms with Crippen LogP contribution in [0.5, 0.6) is 0 Å². The number of H-pyrrole nitrogens is 1. The summed E-state index contributed by atoms with van der Waals surface area (Å²) in [7, 11) is 1.33. The molecule has 1 fully saturated rings. The van der Waals surface area contributed by atoms with Crippen molar-refractivity contribution < 1.29 is 23.9 Å². The normalized spacial score (nSPS) is 20.8. The van der Waals surface area contributed by atoms with Crippen molar-refractivity contribution in [2.24, 2.45) is 0 Å². The zero-order valence-corrected chi connectivity index (χ0v) is 15.7. The fraction of sp³-hybridized carbons (Fsp3) is 0.227. The van der Waals surface area contributed by atoms with Crippen LogP contribution < -0.4 is 0 Å². The molecule has 1 saturated heterocycles. The molecule has 5 rings (SSSR count). The van der Waals surface area contributed by atoms with Crippen molar-refractivity contribution in [3.8, 4) is 0 Å². The number of fused-ring (bicyclic) bond motifs is 4. The molecule has 2 atom stereocenters. The minimum atomic E-state index is -0.673. The van der Waals surface area contributed by atoms with Crippen LogP contribution in [0.2, 0.25) is 0 Å². The van der Waals surface area contributed by atoms with Gasteiger partial charge in [-0.2, -0.15) is 0 Å². The number of nitrogens with one attached hydrogen (secondary N) is 1. The molecule has 1 N–H and O–H groups in total. The van der Waals surface area contributed by atoms with Crippen molar-refractivity contribution in [2.75, 3.05) is 13.7 Å². The highest BCUT2D eigenvalue weighted by atomic mass is 16.5. The molecule has 146 valence electrons. The van der Waals surface area contributed by atoms with Gasteiger partial charge in [0.05, 0.1) is 18.7 Å². The van der Waals surface area contributed by atoms with E-state index < -0.39 is 24.0 Å². The molecule has 0 unspecified atom stereocenters. The maximum absolute atomic E-state index is 12.8. The van der Waals surface area contributed by atoms with Crippen LogP contribution in [0.1, 0.15) is 33.2 Å². The summed E-state index contributed by atoms with van der Waals surface area (Å²) in [6.07, 6.45) is 0.403. The number of cyclic esters (lactones) is 1. The highest BCUT2D eigenvalue weighted by Crippen LogP contribution is 2.42. The summed E-state index contributed by atoms with van der Waals surface area (Å²) >= 11 is 0. The van der Waals surface area contributed by atoms with Gasteiger partial charge in [-0.25, -0.2) is 9.59 Å². The Morgan fingerprint density at radius 3 is 2.66 bits per heavy atom. The fourth-order valence-electron chi connectivity index (χ4n) is 4.35. The smallest absolute Gasteiger partial charge is 0.337 e. The van der Waals surface area contributed by atoms with Crippen molar-refractivity contribution in [3.63, 3.8) is 0 Å². The van der Waals surface area contributed by atoms with E-state index in [9.17, 15) is 14.4 Å². The van der Waals surface area contributed by atoms with Gasteiger partial charge in [-0.3, -0.25) is 4.79 Å². The number of rotatable bonds is 2. The van der Waals surface area contributed by atoms with Crippen molar-refractivity contribution in [1.29, 1.82) is 0 Å². The lowest BCUT2D eigenvalue weighted by Crippen LogP contribution is -2.57. The highest BCUT2D eigenvalue weighted by molar-refractivity contribution is 5.94. The molecule has 0 saturated carbocycles. The lowest BCUT2D eigenvalue weighted by atomic mass is 9.87. The summed E-state index contributed by atoms with van der Waals surface area (Å²) in [6, 6.07) is 13.7. The maximum atomic E-state index is 12.8. The van der Waals surface area contributed by atoms with Crippen molar-refractivity contribution in [1.82, 2.24) is 9.88 Å². The third-order valence-corrected chi connectivity index (χ3v) is 5.68. The number of morpholine rings is 1. The Morgan fingerprint density at radius 2 is 1.90 bits per heavy atom. The second-order valence-electron chi connectivity index (χ2n) is 7.21. The molecule has 7 nitrogen and oxygen atoms in total. The van der Waals surface area contributed by atoms with Gasteiger partial charge in [0.25, 0.3) is 5.91 Å². The Labute approximate surface area is 166 Å². The van der Waals surface area contributed by atoms with Crippen LogP contribution in [-0.2, 0) is 25.5 Å². The Balaban J connectivity index is 1.69. The van der Waals surface area contributed by atoms with Crippen LogP contribution >= 0.6 is 0 Å². The van der Waals surface area contributed by atoms with Gasteiger partial charge in [-0.05, 0) is 29.3 Å². The van der Waals surface area contributed by atoms with E-state index in [4.69, 9.17) is 9.47 Å². The molecule has 7 heteroatoms. The number of carbonyl (C=O) groups is 3. The number of para-hydroxylation sites is 1. The molecule has 0 radical (unpaired) electrons. The predicted octanol–water partition coefficient (Wildman–Crippen LogP) is 2.35. The fourth-order valence-corrected chi connectivity index (χ4v) is 4.35. The van der Waals surface area contributed by atoms with Gasteiger partial charge < -0.3 is 19.4 Å². The third-order valence-electron chi connectivity index (χ3n) is 5.68. The number of benzene rings is 2. The van der Waals surface area contributed by atoms with Crippen LogP contribution in [0, 0.1) is 0 Å². The molecule has 3 heterocycles. The second-order valence-corrected chi connectivity index (χ2v) is 7.21. The number of ether oxygens (including phenoxy) is 2. The van der Waals surface area contributed by atoms with Gasteiger partial charge in [0, 0.05) is 23.0 Å². The first-order valence-electron chi connectivity index (χ1n) is 9.34. The van der Waals surface area contributed by atoms with Gasteiger partial charge in [-0.1, -0.05) is 30.3 Å². The molecule has 2 aliphatic heterocycles. The molecule has 2 aliphatic rings. The number of nitrogens with zero attached hydrogens (tertiary/aromatic N) is 1. The molecule has 1 amide bonds. The number of aromatic nitrogens is 1. The van der Waals surface area contributed by atoms with Crippen LogP contribution in [0.3, 0.4) is 0 Å². The number of esters is 2. The van der Waals surface area contributed by atoms with E-state index in [1.54, 1.807) is 29.2 Å². The number of amides is 1. The number of aromatic amines is 1. The van der Waals surface area contributed by atoms with Gasteiger partial charge in [0.1, 0.15) is 6.04 Å². The topological polar surface area (TPSA) is 88.7 Å². The lowest BCUT2D eigenvalue weighted by Gasteiger charge is -2.43. The minimum absolute atomic E-state index is 0.235. The summed E-state index contributed by atoms with van der Waals surface area (Å²) < 4.78 is 9.87. The quantitative estimate of drug-likeness (QED) is 0.679. The molecule has 0 spiro atoms. The third kappa shape index (κ3) is 2.61. The Morgan fingerprint density at radius 1 is 1.14 bits per heavy atom. The molecule has 0 aliphatic carbocycles. The van der Waals surface area contributed by atoms with Crippen molar-refractivity contribution >= 4 is 28.7 Å². The van der Waals surface area contributed by atoms with Crippen LogP contribution in [-0.4, -0.2) is 47.5 Å². The Bertz CT molecular complexity index is 1150. The molecule has 3 aromatic rings. The number of methoxy groups -OCH3 is 1. The summed E-state index contributed by atoms with van der Waals surface area (Å²) in [5.41, 5.74) is 4.07. The Hall–Kier alpha value is -3.61. The molecule has 1 aromatic heterocycles. The van der Waals surface area contributed by atoms with E-state index in [1.807, 2.05) is 24.3 Å². The van der Waals surface area contributed by atoms with Crippen LogP contribution in [0.4, 0.5) is 0 Å². The monoisotopic (exact) mass is 390 g/mol. The van der Waals surface area contributed by atoms with E-state index in [1.165, 1.54) is 7.11 Å². The standard InChI is InChI=1S/C22H18N2O5/c1-28-21(26)13-8-6-12(7-9-13)20-19-15(14-4-2-3-5-16(14)23-19)10-17-22(27)29-11-18(25)24(17)20/h2-9,17,20,23H,10-11H2,1H3/t17-,20+/m1/s1. The SMILES string of the molecule is COC(=O)c1ccc([C@H]2c3[nH]c4ccccc4c3C[C@@H]3C(=O)OCC(=O)N23)cc1. The van der Waals surface area contributed by atoms with E-state index >= 15 is 0 Å². The van der Waals surface area contributed by atoms with Crippen molar-refractivity contribution in [2.45, 2.75) is 18.5 Å². The largest absolute Gasteiger partial charge is 0.465 e. The molecule has 2 aromatic carbocycles. The average Bonchev–Trinajstić information content (AvgIpc) is 3.13. The van der Waals surface area contributed by atoms with Crippen molar-refractivity contribution in [3.05, 3.63) is 70.9 Å². The zero-order chi connectivity index (χ0) is 20.1. The summed E-state index contributed by atoms with van der Waals surface area (Å²) in [5.74, 6) is -1.06. The molecular weight excluding hydrogens is 372 g/mol.